The van der Waals surface area contributed by atoms with Crippen molar-refractivity contribution in [2.75, 3.05) is 13.1 Å². The molecule has 212 valence electrons. The van der Waals surface area contributed by atoms with Gasteiger partial charge >= 0.3 is 11.9 Å². The maximum absolute atomic E-state index is 13.8. The van der Waals surface area contributed by atoms with Crippen molar-refractivity contribution in [2.24, 2.45) is 29.6 Å². The van der Waals surface area contributed by atoms with Crippen molar-refractivity contribution in [2.45, 2.75) is 31.6 Å². The highest BCUT2D eigenvalue weighted by molar-refractivity contribution is 6.08. The molecule has 2 aromatic carbocycles. The Kier molecular flexibility index (Phi) is 6.39. The van der Waals surface area contributed by atoms with Gasteiger partial charge in [-0.3, -0.25) is 38.6 Å². The van der Waals surface area contributed by atoms with Gasteiger partial charge in [0.15, 0.2) is 0 Å². The van der Waals surface area contributed by atoms with Crippen LogP contribution >= 0.6 is 0 Å². The lowest BCUT2D eigenvalue weighted by Crippen LogP contribution is -2.43. The minimum Gasteiger partial charge on any atom is -0.507 e. The zero-order chi connectivity index (χ0) is 29.2. The number of benzene rings is 2. The molecule has 4 aliphatic rings. The van der Waals surface area contributed by atoms with Gasteiger partial charge in [0.1, 0.15) is 5.75 Å². The van der Waals surface area contributed by atoms with Gasteiger partial charge in [-0.05, 0) is 35.8 Å². The predicted octanol–water partition coefficient (Wildman–Crippen LogP) is 2.13. The number of carbonyl (C=O) groups excluding carboxylic acids is 4. The molecule has 3 fully saturated rings. The van der Waals surface area contributed by atoms with E-state index in [9.17, 15) is 39.0 Å². The summed E-state index contributed by atoms with van der Waals surface area (Å²) in [5.74, 6) is -8.41. The first kappa shape index (κ1) is 26.7. The van der Waals surface area contributed by atoms with Crippen molar-refractivity contribution in [3.8, 4) is 5.75 Å². The van der Waals surface area contributed by atoms with Crippen LogP contribution in [0.3, 0.4) is 0 Å². The molecule has 2 heterocycles. The molecule has 0 radical (unpaired) electrons. The number of hydrogen-bond acceptors (Lipinski definition) is 7. The van der Waals surface area contributed by atoms with Crippen molar-refractivity contribution < 1.29 is 44.1 Å². The second-order valence-electron chi connectivity index (χ2n) is 11.2. The minimum atomic E-state index is -1.14. The lowest BCUT2D eigenvalue weighted by atomic mass is 9.57. The van der Waals surface area contributed by atoms with Gasteiger partial charge in [0.2, 0.25) is 23.6 Å². The molecule has 2 aromatic rings. The third-order valence-corrected chi connectivity index (χ3v) is 9.20. The van der Waals surface area contributed by atoms with E-state index >= 15 is 0 Å². The Morgan fingerprint density at radius 1 is 0.732 bits per heavy atom. The highest BCUT2D eigenvalue weighted by Crippen LogP contribution is 2.58. The number of rotatable bonds is 7. The molecule has 0 bridgehead atoms. The number of fused-ring (bicyclic) bond motifs is 5. The number of carbonyl (C=O) groups is 6. The van der Waals surface area contributed by atoms with Crippen LogP contribution in [0.4, 0.5) is 0 Å². The highest BCUT2D eigenvalue weighted by atomic mass is 16.4. The summed E-state index contributed by atoms with van der Waals surface area (Å²) in [7, 11) is 0. The van der Waals surface area contributed by atoms with E-state index in [0.29, 0.717) is 16.3 Å². The van der Waals surface area contributed by atoms with E-state index in [4.69, 9.17) is 5.11 Å². The fourth-order valence-electron chi connectivity index (χ4n) is 7.50. The number of nitrogens with zero attached hydrogens (tertiary/aromatic N) is 2. The van der Waals surface area contributed by atoms with Crippen LogP contribution in [0.2, 0.25) is 0 Å². The molecule has 0 aromatic heterocycles. The number of aromatic hydroxyl groups is 1. The van der Waals surface area contributed by atoms with Crippen LogP contribution in [-0.4, -0.2) is 73.8 Å². The van der Waals surface area contributed by atoms with Gasteiger partial charge in [0, 0.05) is 24.4 Å². The minimum absolute atomic E-state index is 0.0495. The number of hydrogen-bond donors (Lipinski definition) is 3. The molecule has 2 saturated heterocycles. The van der Waals surface area contributed by atoms with Crippen LogP contribution in [0.1, 0.15) is 37.2 Å². The number of imide groups is 2. The number of likely N-dealkylation sites (tertiary alicyclic amines) is 2. The number of carboxylic acids is 2. The van der Waals surface area contributed by atoms with E-state index in [1.54, 1.807) is 24.3 Å². The third-order valence-electron chi connectivity index (χ3n) is 9.20. The van der Waals surface area contributed by atoms with E-state index in [1.165, 1.54) is 6.07 Å². The van der Waals surface area contributed by atoms with Crippen LogP contribution in [0, 0.1) is 29.6 Å². The number of phenolic OH excluding ortho intramolecular Hbond substituents is 1. The molecule has 41 heavy (non-hydrogen) atoms. The second-order valence-corrected chi connectivity index (χ2v) is 11.2. The maximum Gasteiger partial charge on any atom is 0.305 e. The number of amides is 4. The average molecular weight is 561 g/mol. The maximum atomic E-state index is 13.8. The molecule has 2 aliphatic heterocycles. The van der Waals surface area contributed by atoms with Gasteiger partial charge in [-0.15, -0.1) is 0 Å². The van der Waals surface area contributed by atoms with Crippen molar-refractivity contribution in [1.82, 2.24) is 9.80 Å². The monoisotopic (exact) mass is 560 g/mol. The summed E-state index contributed by atoms with van der Waals surface area (Å²) in [4.78, 5) is 78.8. The highest BCUT2D eigenvalue weighted by Gasteiger charge is 2.61. The van der Waals surface area contributed by atoms with Crippen LogP contribution in [0.5, 0.6) is 5.75 Å². The molecule has 11 nitrogen and oxygen atoms in total. The third kappa shape index (κ3) is 4.10. The summed E-state index contributed by atoms with van der Waals surface area (Å²) in [6.45, 7) is -0.500. The first-order chi connectivity index (χ1) is 19.6. The Morgan fingerprint density at radius 2 is 1.32 bits per heavy atom. The number of phenols is 1. The summed E-state index contributed by atoms with van der Waals surface area (Å²) in [5.41, 5.74) is 1.47. The smallest absolute Gasteiger partial charge is 0.305 e. The van der Waals surface area contributed by atoms with E-state index in [-0.39, 0.29) is 38.1 Å². The predicted molar refractivity (Wildman–Crippen MR) is 141 cm³/mol. The molecule has 6 unspecified atom stereocenters. The Balaban J connectivity index is 1.47. The molecule has 11 heteroatoms. The Hall–Kier alpha value is -4.54. The Bertz CT molecular complexity index is 1560. The lowest BCUT2D eigenvalue weighted by molar-refractivity contribution is -0.145. The quantitative estimate of drug-likeness (QED) is 0.339. The first-order valence-corrected chi connectivity index (χ1v) is 13.6. The van der Waals surface area contributed by atoms with Crippen molar-refractivity contribution >= 4 is 46.3 Å². The molecule has 2 aliphatic carbocycles. The fraction of sp³-hybridized carbons (Fsp3) is 0.400. The largest absolute Gasteiger partial charge is 0.507 e. The molecular weight excluding hydrogens is 532 g/mol. The van der Waals surface area contributed by atoms with Gasteiger partial charge in [0.25, 0.3) is 0 Å². The Labute approximate surface area is 234 Å². The molecule has 1 saturated carbocycles. The van der Waals surface area contributed by atoms with Crippen molar-refractivity contribution in [3.63, 3.8) is 0 Å². The fourth-order valence-corrected chi connectivity index (χ4v) is 7.50. The van der Waals surface area contributed by atoms with E-state index < -0.39 is 77.5 Å². The SMILES string of the molecule is O=C(O)CCN1C(=O)C2CC=C3C(CC4C(=O)N(CCC(=O)O)C(=O)C4C3c3ccc(O)c4ccccc34)C2C1=O. The molecular formula is C30H28N2O9. The zero-order valence-electron chi connectivity index (χ0n) is 21.9. The second kappa shape index (κ2) is 9.83. The lowest BCUT2D eigenvalue weighted by Gasteiger charge is -2.44. The number of carboxylic acid groups (broad SMARTS) is 2. The van der Waals surface area contributed by atoms with Gasteiger partial charge < -0.3 is 15.3 Å². The van der Waals surface area contributed by atoms with Gasteiger partial charge in [-0.1, -0.05) is 42.0 Å². The molecule has 0 spiro atoms. The molecule has 6 rings (SSSR count). The van der Waals surface area contributed by atoms with Gasteiger partial charge in [-0.25, -0.2) is 0 Å². The number of allylic oxidation sites excluding steroid dienone is 2. The van der Waals surface area contributed by atoms with E-state index in [1.807, 2.05) is 12.1 Å². The summed E-state index contributed by atoms with van der Waals surface area (Å²) in [6.07, 6.45) is 1.49. The standard InChI is InChI=1S/C30H28N2O9/c33-21-8-7-16(14-3-1-2-4-15(14)21)24-17-5-6-18-25(29(40)31(27(18)38)11-9-22(34)35)19(17)13-20-26(24)30(41)32(28(20)39)12-10-23(36)37/h1-5,7-8,18-20,24-26,33H,6,9-13H2,(H,34,35)(H,36,37). The summed E-state index contributed by atoms with van der Waals surface area (Å²) in [6, 6.07) is 10.4. The van der Waals surface area contributed by atoms with Crippen molar-refractivity contribution in [1.29, 1.82) is 0 Å². The topological polar surface area (TPSA) is 170 Å². The summed E-state index contributed by atoms with van der Waals surface area (Å²) >= 11 is 0. The normalized spacial score (nSPS) is 28.9. The van der Waals surface area contributed by atoms with E-state index in [0.717, 1.165) is 15.4 Å². The van der Waals surface area contributed by atoms with E-state index in [2.05, 4.69) is 0 Å². The first-order valence-electron chi connectivity index (χ1n) is 13.6. The summed E-state index contributed by atoms with van der Waals surface area (Å²) in [5, 5.41) is 30.1. The molecule has 4 amide bonds. The molecule has 3 N–H and O–H groups in total. The number of aliphatic carboxylic acids is 2. The molecule has 6 atom stereocenters. The van der Waals surface area contributed by atoms with Gasteiger partial charge in [-0.2, -0.15) is 0 Å². The average Bonchev–Trinajstić information content (AvgIpc) is 3.33. The van der Waals surface area contributed by atoms with Crippen LogP contribution in [0.25, 0.3) is 10.8 Å². The Morgan fingerprint density at radius 3 is 1.95 bits per heavy atom. The van der Waals surface area contributed by atoms with Crippen LogP contribution in [-0.2, 0) is 28.8 Å². The zero-order valence-corrected chi connectivity index (χ0v) is 21.9. The van der Waals surface area contributed by atoms with Crippen LogP contribution < -0.4 is 0 Å². The van der Waals surface area contributed by atoms with Crippen LogP contribution in [0.15, 0.2) is 48.0 Å². The summed E-state index contributed by atoms with van der Waals surface area (Å²) < 4.78 is 0. The van der Waals surface area contributed by atoms with Gasteiger partial charge in [0.05, 0.1) is 36.5 Å². The van der Waals surface area contributed by atoms with Crippen molar-refractivity contribution in [3.05, 3.63) is 53.6 Å².